The van der Waals surface area contributed by atoms with E-state index < -0.39 is 0 Å². The molecule has 0 saturated heterocycles. The largest absolute Gasteiger partial charge is 0.429 e. The maximum Gasteiger partial charge on any atom is 0.245 e. The van der Waals surface area contributed by atoms with Crippen molar-refractivity contribution in [2.75, 3.05) is 23.8 Å². The third-order valence-electron chi connectivity index (χ3n) is 2.75. The van der Waals surface area contributed by atoms with Crippen LogP contribution in [0.4, 0.5) is 11.0 Å². The van der Waals surface area contributed by atoms with E-state index in [9.17, 15) is 4.79 Å². The summed E-state index contributed by atoms with van der Waals surface area (Å²) in [6.45, 7) is 3.74. The summed E-state index contributed by atoms with van der Waals surface area (Å²) in [4.78, 5) is 17.8. The zero-order valence-corrected chi connectivity index (χ0v) is 14.1. The van der Waals surface area contributed by atoms with E-state index in [1.807, 2.05) is 18.4 Å². The van der Waals surface area contributed by atoms with Crippen LogP contribution in [-0.4, -0.2) is 24.5 Å². The highest BCUT2D eigenvalue weighted by Crippen LogP contribution is 2.33. The third-order valence-corrected chi connectivity index (χ3v) is 4.56. The van der Waals surface area contributed by atoms with Crippen molar-refractivity contribution < 1.29 is 9.21 Å². The summed E-state index contributed by atoms with van der Waals surface area (Å²) >= 11 is 4.75. The Hall–Kier alpha value is -1.85. The quantitative estimate of drug-likeness (QED) is 0.896. The van der Waals surface area contributed by atoms with E-state index >= 15 is 0 Å². The number of nitrogens with zero attached hydrogens (tertiary/aromatic N) is 3. The summed E-state index contributed by atoms with van der Waals surface area (Å²) in [5, 5.41) is 14.1. The van der Waals surface area contributed by atoms with Gasteiger partial charge in [0, 0.05) is 18.0 Å². The highest BCUT2D eigenvalue weighted by Gasteiger charge is 2.20. The van der Waals surface area contributed by atoms with Crippen molar-refractivity contribution >= 4 is 44.2 Å². The molecule has 0 bridgehead atoms. The number of hydrogen-bond donors (Lipinski definition) is 1. The summed E-state index contributed by atoms with van der Waals surface area (Å²) in [6, 6.07) is 1.98. The van der Waals surface area contributed by atoms with E-state index in [0.29, 0.717) is 15.5 Å². The van der Waals surface area contributed by atoms with Crippen LogP contribution in [0.25, 0.3) is 0 Å². The highest BCUT2D eigenvalue weighted by molar-refractivity contribution is 9.10. The summed E-state index contributed by atoms with van der Waals surface area (Å²) in [6.07, 6.45) is 0. The molecule has 2 aromatic rings. The van der Waals surface area contributed by atoms with Crippen LogP contribution in [0.2, 0.25) is 0 Å². The van der Waals surface area contributed by atoms with E-state index in [0.717, 1.165) is 11.3 Å². The van der Waals surface area contributed by atoms with Crippen molar-refractivity contribution in [2.45, 2.75) is 13.8 Å². The number of anilines is 2. The predicted octanol–water partition coefficient (Wildman–Crippen LogP) is 3.06. The van der Waals surface area contributed by atoms with Crippen LogP contribution in [0.1, 0.15) is 17.0 Å². The molecule has 0 spiro atoms. The number of thiazole rings is 1. The number of rotatable bonds is 4. The standard InChI is InChI=1S/C13H13BrN4O2S/c1-7-6-21-13(16-7)17-10(19)5-18(3)12-11(14)8(2)9(4-15)20-12/h6H,5H2,1-3H3,(H,16,17,19). The summed E-state index contributed by atoms with van der Waals surface area (Å²) in [5.41, 5.74) is 1.59. The van der Waals surface area contributed by atoms with Gasteiger partial charge in [0.2, 0.25) is 17.6 Å². The molecule has 0 saturated carbocycles. The molecule has 0 aliphatic heterocycles. The fourth-order valence-electron chi connectivity index (χ4n) is 1.69. The first-order valence-electron chi connectivity index (χ1n) is 6.04. The fraction of sp³-hybridized carbons (Fsp3) is 0.308. The lowest BCUT2D eigenvalue weighted by atomic mass is 10.3. The Balaban J connectivity index is 2.06. The first-order chi connectivity index (χ1) is 9.92. The molecule has 2 aromatic heterocycles. The minimum absolute atomic E-state index is 0.0923. The lowest BCUT2D eigenvalue weighted by molar-refractivity contribution is -0.115. The molecule has 0 fully saturated rings. The van der Waals surface area contributed by atoms with Gasteiger partial charge < -0.3 is 14.6 Å². The van der Waals surface area contributed by atoms with Gasteiger partial charge in [-0.3, -0.25) is 4.79 Å². The van der Waals surface area contributed by atoms with E-state index in [-0.39, 0.29) is 18.2 Å². The van der Waals surface area contributed by atoms with Gasteiger partial charge in [0.05, 0.1) is 16.7 Å². The number of halogens is 1. The van der Waals surface area contributed by atoms with E-state index in [2.05, 4.69) is 26.2 Å². The predicted molar refractivity (Wildman–Crippen MR) is 84.6 cm³/mol. The van der Waals surface area contributed by atoms with Gasteiger partial charge in [-0.25, -0.2) is 4.98 Å². The molecule has 0 unspecified atom stereocenters. The Morgan fingerprint density at radius 1 is 1.62 bits per heavy atom. The maximum absolute atomic E-state index is 12.0. The van der Waals surface area contributed by atoms with E-state index in [1.165, 1.54) is 11.3 Å². The molecular weight excluding hydrogens is 356 g/mol. The SMILES string of the molecule is Cc1csc(NC(=O)CN(C)c2oc(C#N)c(C)c2Br)n1. The molecule has 110 valence electrons. The molecule has 1 N–H and O–H groups in total. The monoisotopic (exact) mass is 368 g/mol. The van der Waals surface area contributed by atoms with Crippen LogP contribution in [0.5, 0.6) is 0 Å². The smallest absolute Gasteiger partial charge is 0.245 e. The van der Waals surface area contributed by atoms with Gasteiger partial charge in [-0.05, 0) is 29.8 Å². The van der Waals surface area contributed by atoms with Crippen molar-refractivity contribution in [1.82, 2.24) is 4.98 Å². The second-order valence-electron chi connectivity index (χ2n) is 4.49. The fourth-order valence-corrected chi connectivity index (χ4v) is 2.96. The third kappa shape index (κ3) is 3.43. The maximum atomic E-state index is 12.0. The first-order valence-corrected chi connectivity index (χ1v) is 7.71. The Morgan fingerprint density at radius 3 is 2.86 bits per heavy atom. The number of aromatic nitrogens is 1. The molecule has 6 nitrogen and oxygen atoms in total. The van der Waals surface area contributed by atoms with Crippen LogP contribution >= 0.6 is 27.3 Å². The summed E-state index contributed by atoms with van der Waals surface area (Å²) in [7, 11) is 1.72. The van der Waals surface area contributed by atoms with Crippen LogP contribution in [0, 0.1) is 25.2 Å². The molecule has 2 heterocycles. The normalized spacial score (nSPS) is 10.2. The number of hydrogen-bond acceptors (Lipinski definition) is 6. The Labute approximate surface area is 134 Å². The number of likely N-dealkylation sites (N-methyl/N-ethyl adjacent to an activating group) is 1. The van der Waals surface area contributed by atoms with Crippen molar-refractivity contribution in [2.24, 2.45) is 0 Å². The topological polar surface area (TPSA) is 82.2 Å². The summed E-state index contributed by atoms with van der Waals surface area (Å²) in [5.74, 6) is 0.487. The van der Waals surface area contributed by atoms with Gasteiger partial charge in [0.1, 0.15) is 6.07 Å². The van der Waals surface area contributed by atoms with Gasteiger partial charge in [-0.2, -0.15) is 5.26 Å². The molecule has 0 radical (unpaired) electrons. The van der Waals surface area contributed by atoms with Gasteiger partial charge in [-0.15, -0.1) is 11.3 Å². The van der Waals surface area contributed by atoms with Crippen molar-refractivity contribution in [3.05, 3.63) is 26.9 Å². The average molecular weight is 369 g/mol. The zero-order chi connectivity index (χ0) is 15.6. The molecule has 0 aliphatic rings. The van der Waals surface area contributed by atoms with Crippen molar-refractivity contribution in [3.63, 3.8) is 0 Å². The van der Waals surface area contributed by atoms with E-state index in [1.54, 1.807) is 18.9 Å². The lowest BCUT2D eigenvalue weighted by Crippen LogP contribution is -2.30. The lowest BCUT2D eigenvalue weighted by Gasteiger charge is -2.15. The Morgan fingerprint density at radius 2 is 2.33 bits per heavy atom. The van der Waals surface area contributed by atoms with E-state index in [4.69, 9.17) is 9.68 Å². The summed E-state index contributed by atoms with van der Waals surface area (Å²) < 4.78 is 6.12. The number of carbonyl (C=O) groups excluding carboxylic acids is 1. The van der Waals surface area contributed by atoms with Gasteiger partial charge in [-0.1, -0.05) is 0 Å². The number of carbonyl (C=O) groups is 1. The Bertz CT molecular complexity index is 716. The van der Waals surface area contributed by atoms with Gasteiger partial charge >= 0.3 is 0 Å². The number of aryl methyl sites for hydroxylation is 1. The highest BCUT2D eigenvalue weighted by atomic mass is 79.9. The van der Waals surface area contributed by atoms with Crippen molar-refractivity contribution in [1.29, 1.82) is 5.26 Å². The minimum Gasteiger partial charge on any atom is -0.429 e. The number of nitrogens with one attached hydrogen (secondary N) is 1. The molecule has 8 heteroatoms. The molecular formula is C13H13BrN4O2S. The molecule has 1 amide bonds. The first kappa shape index (κ1) is 15.5. The van der Waals surface area contributed by atoms with Crippen LogP contribution in [-0.2, 0) is 4.79 Å². The van der Waals surface area contributed by atoms with Crippen molar-refractivity contribution in [3.8, 4) is 6.07 Å². The average Bonchev–Trinajstić information content (AvgIpc) is 2.95. The van der Waals surface area contributed by atoms with Gasteiger partial charge in [0.25, 0.3) is 0 Å². The molecule has 0 aromatic carbocycles. The molecule has 21 heavy (non-hydrogen) atoms. The molecule has 0 aliphatic carbocycles. The Kier molecular flexibility index (Phi) is 4.65. The second-order valence-corrected chi connectivity index (χ2v) is 6.14. The zero-order valence-electron chi connectivity index (χ0n) is 11.7. The molecule has 2 rings (SSSR count). The number of furan rings is 1. The minimum atomic E-state index is -0.202. The van der Waals surface area contributed by atoms with Crippen LogP contribution < -0.4 is 10.2 Å². The second kappa shape index (κ2) is 6.28. The van der Waals surface area contributed by atoms with Crippen LogP contribution in [0.15, 0.2) is 14.3 Å². The molecule has 0 atom stereocenters. The number of nitriles is 1. The number of amides is 1. The van der Waals surface area contributed by atoms with Gasteiger partial charge in [0.15, 0.2) is 5.13 Å². The van der Waals surface area contributed by atoms with Crippen LogP contribution in [0.3, 0.4) is 0 Å².